The molecule has 0 amide bonds. The lowest BCUT2D eigenvalue weighted by Gasteiger charge is -2.18. The van der Waals surface area contributed by atoms with Crippen LogP contribution in [-0.2, 0) is 10.0 Å². The number of aromatic amines is 1. The summed E-state index contributed by atoms with van der Waals surface area (Å²) >= 11 is 0. The molecule has 7 nitrogen and oxygen atoms in total. The van der Waals surface area contributed by atoms with Crippen molar-refractivity contribution in [3.05, 3.63) is 54.2 Å². The molecule has 0 saturated carbocycles. The molecule has 0 fully saturated rings. The van der Waals surface area contributed by atoms with Crippen molar-refractivity contribution in [3.8, 4) is 11.8 Å². The van der Waals surface area contributed by atoms with Crippen molar-refractivity contribution in [1.29, 1.82) is 5.26 Å². The number of anilines is 1. The molecule has 27 heavy (non-hydrogen) atoms. The van der Waals surface area contributed by atoms with E-state index in [0.29, 0.717) is 27.9 Å². The molecule has 0 saturated heterocycles. The van der Waals surface area contributed by atoms with E-state index >= 15 is 0 Å². The molecule has 8 heteroatoms. The van der Waals surface area contributed by atoms with Gasteiger partial charge in [0, 0.05) is 17.6 Å². The van der Waals surface area contributed by atoms with Crippen LogP contribution in [0, 0.1) is 11.3 Å². The van der Waals surface area contributed by atoms with Gasteiger partial charge in [-0.2, -0.15) is 5.26 Å². The summed E-state index contributed by atoms with van der Waals surface area (Å²) in [6.45, 7) is 3.23. The first kappa shape index (κ1) is 18.8. The number of hydrogen-bond acceptors (Lipinski definition) is 5. The summed E-state index contributed by atoms with van der Waals surface area (Å²) in [5.74, 6) is 0.338. The Labute approximate surface area is 157 Å². The Kier molecular flexibility index (Phi) is 4.83. The Morgan fingerprint density at radius 1 is 1.26 bits per heavy atom. The largest absolute Gasteiger partial charge is 0.491 e. The van der Waals surface area contributed by atoms with Gasteiger partial charge in [0.05, 0.1) is 27.3 Å². The fourth-order valence-electron chi connectivity index (χ4n) is 2.53. The van der Waals surface area contributed by atoms with E-state index < -0.39 is 15.6 Å². The van der Waals surface area contributed by atoms with Gasteiger partial charge in [0.25, 0.3) is 10.0 Å². The van der Waals surface area contributed by atoms with Crippen molar-refractivity contribution >= 4 is 26.6 Å². The Bertz CT molecular complexity index is 1120. The minimum atomic E-state index is -3.87. The normalized spacial score (nSPS) is 11.9. The summed E-state index contributed by atoms with van der Waals surface area (Å²) in [4.78, 5) is 2.96. The molecular weight excluding hydrogens is 366 g/mol. The Balaban J connectivity index is 1.90. The highest BCUT2D eigenvalue weighted by molar-refractivity contribution is 7.92. The van der Waals surface area contributed by atoms with E-state index in [-0.39, 0.29) is 11.5 Å². The number of aliphatic hydroxyl groups is 1. The molecule has 1 heterocycles. The number of aromatic nitrogens is 1. The predicted octanol–water partition coefficient (Wildman–Crippen LogP) is 2.99. The van der Waals surface area contributed by atoms with E-state index in [4.69, 9.17) is 10.00 Å². The molecule has 3 rings (SSSR count). The highest BCUT2D eigenvalue weighted by Gasteiger charge is 2.19. The van der Waals surface area contributed by atoms with E-state index in [2.05, 4.69) is 15.8 Å². The molecule has 3 aromatic rings. The number of H-pyrrole nitrogens is 1. The van der Waals surface area contributed by atoms with Crippen molar-refractivity contribution in [2.45, 2.75) is 24.3 Å². The van der Waals surface area contributed by atoms with Gasteiger partial charge in [-0.1, -0.05) is 18.2 Å². The molecule has 0 aliphatic heterocycles. The summed E-state index contributed by atoms with van der Waals surface area (Å²) in [5, 5.41) is 19.5. The smallest absolute Gasteiger partial charge is 0.262 e. The Morgan fingerprint density at radius 2 is 2.00 bits per heavy atom. The molecule has 0 atom stereocenters. The maximum Gasteiger partial charge on any atom is 0.262 e. The second-order valence-electron chi connectivity index (χ2n) is 6.72. The van der Waals surface area contributed by atoms with E-state index in [9.17, 15) is 13.5 Å². The molecule has 0 unspecified atom stereocenters. The monoisotopic (exact) mass is 385 g/mol. The van der Waals surface area contributed by atoms with Crippen LogP contribution in [-0.4, -0.2) is 30.7 Å². The number of nitrogens with one attached hydrogen (secondary N) is 2. The van der Waals surface area contributed by atoms with Crippen LogP contribution in [0.1, 0.15) is 19.4 Å². The maximum absolute atomic E-state index is 12.8. The second kappa shape index (κ2) is 6.95. The zero-order valence-corrected chi connectivity index (χ0v) is 15.7. The van der Waals surface area contributed by atoms with Gasteiger partial charge in [-0.15, -0.1) is 0 Å². The van der Waals surface area contributed by atoms with Gasteiger partial charge in [0.2, 0.25) is 0 Å². The first-order chi connectivity index (χ1) is 12.7. The summed E-state index contributed by atoms with van der Waals surface area (Å²) < 4.78 is 33.6. The number of ether oxygens (including phenoxy) is 1. The third kappa shape index (κ3) is 4.22. The first-order valence-corrected chi connectivity index (χ1v) is 9.66. The number of rotatable bonds is 6. The average Bonchev–Trinajstić information content (AvgIpc) is 3.04. The average molecular weight is 385 g/mol. The quantitative estimate of drug-likeness (QED) is 0.603. The van der Waals surface area contributed by atoms with Crippen molar-refractivity contribution in [3.63, 3.8) is 0 Å². The standard InChI is InChI=1S/C19H19N3O4S/c1-19(2,23)12-26-14-5-3-6-15(9-14)27(24,25)22-17-8-4-7-16-13(10-20)11-21-18(16)17/h3-9,11,21-23H,12H2,1-2H3. The van der Waals surface area contributed by atoms with Crippen LogP contribution in [0.3, 0.4) is 0 Å². The lowest BCUT2D eigenvalue weighted by atomic mass is 10.2. The summed E-state index contributed by atoms with van der Waals surface area (Å²) in [5.41, 5.74) is 0.284. The van der Waals surface area contributed by atoms with Crippen molar-refractivity contribution in [2.24, 2.45) is 0 Å². The van der Waals surface area contributed by atoms with Crippen LogP contribution in [0.15, 0.2) is 53.6 Å². The van der Waals surface area contributed by atoms with E-state index in [1.165, 1.54) is 18.3 Å². The van der Waals surface area contributed by atoms with Gasteiger partial charge in [-0.05, 0) is 32.0 Å². The number of para-hydroxylation sites is 1. The van der Waals surface area contributed by atoms with E-state index in [1.807, 2.05) is 0 Å². The lowest BCUT2D eigenvalue weighted by molar-refractivity contribution is 0.0284. The number of nitriles is 1. The third-order valence-corrected chi connectivity index (χ3v) is 5.15. The lowest BCUT2D eigenvalue weighted by Crippen LogP contribution is -2.27. The predicted molar refractivity (Wildman–Crippen MR) is 102 cm³/mol. The summed E-state index contributed by atoms with van der Waals surface area (Å²) in [7, 11) is -3.87. The second-order valence-corrected chi connectivity index (χ2v) is 8.41. The number of benzene rings is 2. The van der Waals surface area contributed by atoms with Gasteiger partial charge in [0.1, 0.15) is 18.4 Å². The minimum absolute atomic E-state index is 0.0276. The van der Waals surface area contributed by atoms with Gasteiger partial charge < -0.3 is 14.8 Å². The van der Waals surface area contributed by atoms with Crippen molar-refractivity contribution in [2.75, 3.05) is 11.3 Å². The number of nitrogens with zero attached hydrogens (tertiary/aromatic N) is 1. The maximum atomic E-state index is 12.8. The van der Waals surface area contributed by atoms with Gasteiger partial charge >= 0.3 is 0 Å². The van der Waals surface area contributed by atoms with Crippen molar-refractivity contribution in [1.82, 2.24) is 4.98 Å². The van der Waals surface area contributed by atoms with Crippen LogP contribution in [0.4, 0.5) is 5.69 Å². The highest BCUT2D eigenvalue weighted by atomic mass is 32.2. The van der Waals surface area contributed by atoms with E-state index in [0.717, 1.165) is 0 Å². The van der Waals surface area contributed by atoms with Crippen molar-refractivity contribution < 1.29 is 18.3 Å². The zero-order chi connectivity index (χ0) is 19.7. The first-order valence-electron chi connectivity index (χ1n) is 8.18. The zero-order valence-electron chi connectivity index (χ0n) is 14.9. The van der Waals surface area contributed by atoms with Crippen LogP contribution < -0.4 is 9.46 Å². The van der Waals surface area contributed by atoms with Gasteiger partial charge in [0.15, 0.2) is 0 Å². The SMILES string of the molecule is CC(C)(O)COc1cccc(S(=O)(=O)Nc2cccc3c(C#N)c[nH]c23)c1. The molecule has 0 aliphatic carbocycles. The third-order valence-electron chi connectivity index (χ3n) is 3.79. The topological polar surface area (TPSA) is 115 Å². The molecule has 0 bridgehead atoms. The molecule has 140 valence electrons. The van der Waals surface area contributed by atoms with Crippen LogP contribution >= 0.6 is 0 Å². The fourth-order valence-corrected chi connectivity index (χ4v) is 3.63. The number of sulfonamides is 1. The molecule has 2 aromatic carbocycles. The Morgan fingerprint density at radius 3 is 2.70 bits per heavy atom. The molecular formula is C19H19N3O4S. The van der Waals surface area contributed by atoms with Gasteiger partial charge in [-0.25, -0.2) is 8.42 Å². The minimum Gasteiger partial charge on any atom is -0.491 e. The molecule has 0 radical (unpaired) electrons. The van der Waals surface area contributed by atoms with Crippen LogP contribution in [0.25, 0.3) is 10.9 Å². The highest BCUT2D eigenvalue weighted by Crippen LogP contribution is 2.28. The number of hydrogen-bond donors (Lipinski definition) is 3. The van der Waals surface area contributed by atoms with Crippen LogP contribution in [0.5, 0.6) is 5.75 Å². The Hall–Kier alpha value is -3.02. The van der Waals surface area contributed by atoms with E-state index in [1.54, 1.807) is 44.2 Å². The molecule has 0 spiro atoms. The summed E-state index contributed by atoms with van der Waals surface area (Å²) in [6, 6.07) is 13.1. The number of fused-ring (bicyclic) bond motifs is 1. The van der Waals surface area contributed by atoms with Gasteiger partial charge in [-0.3, -0.25) is 4.72 Å². The fraction of sp³-hybridized carbons (Fsp3) is 0.211. The summed E-state index contributed by atoms with van der Waals surface area (Å²) in [6.07, 6.45) is 1.54. The molecule has 0 aliphatic rings. The van der Waals surface area contributed by atoms with Crippen LogP contribution in [0.2, 0.25) is 0 Å². The molecule has 1 aromatic heterocycles. The molecule has 3 N–H and O–H groups in total.